The van der Waals surface area contributed by atoms with Gasteiger partial charge in [0.25, 0.3) is 5.91 Å². The first-order chi connectivity index (χ1) is 13.1. The third-order valence-electron chi connectivity index (χ3n) is 4.62. The molecule has 5 heteroatoms. The Kier molecular flexibility index (Phi) is 4.72. The van der Waals surface area contributed by atoms with Crippen molar-refractivity contribution in [3.05, 3.63) is 88.6 Å². The second-order valence-corrected chi connectivity index (χ2v) is 8.05. The molecule has 0 unspecified atom stereocenters. The van der Waals surface area contributed by atoms with E-state index in [4.69, 9.17) is 12.2 Å². The average molecular weight is 391 g/mol. The van der Waals surface area contributed by atoms with E-state index in [0.29, 0.717) is 9.23 Å². The summed E-state index contributed by atoms with van der Waals surface area (Å²) in [6.07, 6.45) is 4.07. The number of thiocarbonyl (C=S) groups is 1. The van der Waals surface area contributed by atoms with E-state index in [0.717, 1.165) is 28.2 Å². The number of carbonyl (C=O) groups excluding carboxylic acids is 1. The Morgan fingerprint density at radius 1 is 0.926 bits per heavy atom. The van der Waals surface area contributed by atoms with Crippen LogP contribution >= 0.6 is 24.0 Å². The lowest BCUT2D eigenvalue weighted by atomic mass is 10.1. The van der Waals surface area contributed by atoms with Crippen molar-refractivity contribution in [3.8, 4) is 5.69 Å². The van der Waals surface area contributed by atoms with E-state index in [-0.39, 0.29) is 5.91 Å². The summed E-state index contributed by atoms with van der Waals surface area (Å²) in [7, 11) is 0. The minimum absolute atomic E-state index is 0.0672. The molecule has 0 radical (unpaired) electrons. The normalized spacial score (nSPS) is 15.8. The van der Waals surface area contributed by atoms with Crippen LogP contribution in [-0.2, 0) is 4.79 Å². The van der Waals surface area contributed by atoms with Gasteiger partial charge in [-0.2, -0.15) is 0 Å². The van der Waals surface area contributed by atoms with Crippen LogP contribution < -0.4 is 4.90 Å². The Bertz CT molecular complexity index is 1050. The number of rotatable bonds is 3. The highest BCUT2D eigenvalue weighted by Crippen LogP contribution is 2.37. The zero-order valence-electron chi connectivity index (χ0n) is 15.0. The first-order valence-electron chi connectivity index (χ1n) is 8.63. The molecule has 1 fully saturated rings. The Morgan fingerprint density at radius 3 is 2.15 bits per heavy atom. The van der Waals surface area contributed by atoms with Crippen LogP contribution in [0.3, 0.4) is 0 Å². The molecular weight excluding hydrogens is 372 g/mol. The van der Waals surface area contributed by atoms with Gasteiger partial charge in [-0.15, -0.1) is 0 Å². The second-order valence-electron chi connectivity index (χ2n) is 6.37. The Labute approximate surface area is 168 Å². The summed E-state index contributed by atoms with van der Waals surface area (Å²) >= 11 is 6.82. The van der Waals surface area contributed by atoms with E-state index in [1.54, 1.807) is 4.90 Å². The van der Waals surface area contributed by atoms with Crippen molar-refractivity contribution in [2.24, 2.45) is 0 Å². The molecule has 27 heavy (non-hydrogen) atoms. The number of hydrogen-bond acceptors (Lipinski definition) is 3. The third-order valence-corrected chi connectivity index (χ3v) is 5.92. The van der Waals surface area contributed by atoms with Gasteiger partial charge in [-0.1, -0.05) is 60.4 Å². The summed E-state index contributed by atoms with van der Waals surface area (Å²) in [4.78, 5) is 15.2. The summed E-state index contributed by atoms with van der Waals surface area (Å²) in [6.45, 7) is 4.14. The van der Waals surface area contributed by atoms with E-state index in [1.165, 1.54) is 11.8 Å². The standard InChI is InChI=1S/C22H18N2OS2/c1-15-14-23(17-9-5-3-6-10-17)16(2)19(15)13-20-21(25)24(22(26)27-20)18-11-7-4-8-12-18/h3-14H,1-2H3/b20-13-. The molecule has 0 atom stereocenters. The molecule has 1 aliphatic rings. The molecule has 0 saturated carbocycles. The lowest BCUT2D eigenvalue weighted by Gasteiger charge is -2.13. The number of carbonyl (C=O) groups is 1. The zero-order chi connectivity index (χ0) is 19.0. The SMILES string of the molecule is Cc1cn(-c2ccccc2)c(C)c1/C=C1\SC(=S)N(c2ccccc2)C1=O. The molecule has 0 aliphatic carbocycles. The van der Waals surface area contributed by atoms with Gasteiger partial charge in [-0.3, -0.25) is 9.69 Å². The van der Waals surface area contributed by atoms with Gasteiger partial charge in [0.15, 0.2) is 4.32 Å². The van der Waals surface area contributed by atoms with E-state index < -0.39 is 0 Å². The Morgan fingerprint density at radius 2 is 1.52 bits per heavy atom. The van der Waals surface area contributed by atoms with Crippen LogP contribution in [0.5, 0.6) is 0 Å². The molecule has 1 aliphatic heterocycles. The predicted octanol–water partition coefficient (Wildman–Crippen LogP) is 5.50. The first kappa shape index (κ1) is 17.8. The van der Waals surface area contributed by atoms with Crippen molar-refractivity contribution < 1.29 is 4.79 Å². The van der Waals surface area contributed by atoms with Gasteiger partial charge in [0.05, 0.1) is 10.6 Å². The van der Waals surface area contributed by atoms with Crippen molar-refractivity contribution in [2.75, 3.05) is 4.90 Å². The molecule has 0 bridgehead atoms. The first-order valence-corrected chi connectivity index (χ1v) is 9.85. The fourth-order valence-electron chi connectivity index (χ4n) is 3.25. The fourth-order valence-corrected chi connectivity index (χ4v) is 4.53. The summed E-state index contributed by atoms with van der Waals surface area (Å²) in [5.41, 5.74) is 5.20. The number of aromatic nitrogens is 1. The second kappa shape index (κ2) is 7.18. The lowest BCUT2D eigenvalue weighted by molar-refractivity contribution is -0.113. The molecule has 3 nitrogen and oxygen atoms in total. The molecule has 1 aromatic heterocycles. The highest BCUT2D eigenvalue weighted by atomic mass is 32.2. The van der Waals surface area contributed by atoms with Crippen molar-refractivity contribution in [1.82, 2.24) is 4.57 Å². The largest absolute Gasteiger partial charge is 0.320 e. The van der Waals surface area contributed by atoms with Gasteiger partial charge >= 0.3 is 0 Å². The molecule has 2 heterocycles. The Balaban J connectivity index is 1.72. The smallest absolute Gasteiger partial charge is 0.270 e. The molecule has 1 amide bonds. The van der Waals surface area contributed by atoms with Crippen LogP contribution in [0.4, 0.5) is 5.69 Å². The minimum atomic E-state index is -0.0672. The number of anilines is 1. The molecule has 0 spiro atoms. The molecule has 2 aromatic carbocycles. The highest BCUT2D eigenvalue weighted by Gasteiger charge is 2.33. The number of nitrogens with zero attached hydrogens (tertiary/aromatic N) is 2. The van der Waals surface area contributed by atoms with Gasteiger partial charge < -0.3 is 4.57 Å². The van der Waals surface area contributed by atoms with E-state index in [2.05, 4.69) is 36.7 Å². The van der Waals surface area contributed by atoms with E-state index in [9.17, 15) is 4.79 Å². The van der Waals surface area contributed by atoms with Crippen LogP contribution in [0.15, 0.2) is 71.8 Å². The van der Waals surface area contributed by atoms with Crippen LogP contribution in [0.1, 0.15) is 16.8 Å². The van der Waals surface area contributed by atoms with Gasteiger partial charge in [-0.05, 0) is 55.3 Å². The Hall–Kier alpha value is -2.63. The van der Waals surface area contributed by atoms with Crippen LogP contribution in [0, 0.1) is 13.8 Å². The third kappa shape index (κ3) is 3.24. The maximum absolute atomic E-state index is 13.0. The fraction of sp³-hybridized carbons (Fsp3) is 0.0909. The summed E-state index contributed by atoms with van der Waals surface area (Å²) < 4.78 is 2.72. The van der Waals surface area contributed by atoms with Crippen LogP contribution in [-0.4, -0.2) is 14.8 Å². The minimum Gasteiger partial charge on any atom is -0.320 e. The van der Waals surface area contributed by atoms with Crippen molar-refractivity contribution in [2.45, 2.75) is 13.8 Å². The monoisotopic (exact) mass is 390 g/mol. The van der Waals surface area contributed by atoms with Crippen molar-refractivity contribution >= 4 is 46.0 Å². The van der Waals surface area contributed by atoms with Gasteiger partial charge in [0.1, 0.15) is 0 Å². The summed E-state index contributed by atoms with van der Waals surface area (Å²) in [5.74, 6) is -0.0672. The number of thioether (sulfide) groups is 1. The lowest BCUT2D eigenvalue weighted by Crippen LogP contribution is -2.27. The van der Waals surface area contributed by atoms with Gasteiger partial charge in [0.2, 0.25) is 0 Å². The predicted molar refractivity (Wildman–Crippen MR) is 117 cm³/mol. The quantitative estimate of drug-likeness (QED) is 0.436. The van der Waals surface area contributed by atoms with Crippen molar-refractivity contribution in [1.29, 1.82) is 0 Å². The molecular formula is C22H18N2OS2. The number of amides is 1. The van der Waals surface area contributed by atoms with E-state index in [1.807, 2.05) is 54.6 Å². The number of para-hydroxylation sites is 2. The molecule has 3 aromatic rings. The zero-order valence-corrected chi connectivity index (χ0v) is 16.7. The number of benzene rings is 2. The average Bonchev–Trinajstić information content (AvgIpc) is 3.13. The summed E-state index contributed by atoms with van der Waals surface area (Å²) in [6, 6.07) is 19.7. The van der Waals surface area contributed by atoms with Crippen molar-refractivity contribution in [3.63, 3.8) is 0 Å². The maximum atomic E-state index is 13.0. The highest BCUT2D eigenvalue weighted by molar-refractivity contribution is 8.27. The topological polar surface area (TPSA) is 25.2 Å². The molecule has 4 rings (SSSR count). The maximum Gasteiger partial charge on any atom is 0.270 e. The van der Waals surface area contributed by atoms with E-state index >= 15 is 0 Å². The van der Waals surface area contributed by atoms with Gasteiger partial charge in [-0.25, -0.2) is 0 Å². The van der Waals surface area contributed by atoms with Gasteiger partial charge in [0, 0.05) is 17.6 Å². The van der Waals surface area contributed by atoms with Crippen LogP contribution in [0.2, 0.25) is 0 Å². The molecule has 1 saturated heterocycles. The van der Waals surface area contributed by atoms with Crippen LogP contribution in [0.25, 0.3) is 11.8 Å². The summed E-state index contributed by atoms with van der Waals surface area (Å²) in [5, 5.41) is 0. The molecule has 134 valence electrons. The number of hydrogen-bond donors (Lipinski definition) is 0. The number of aryl methyl sites for hydroxylation is 1. The molecule has 0 N–H and O–H groups in total.